The van der Waals surface area contributed by atoms with Gasteiger partial charge in [-0.1, -0.05) is 13.8 Å². The minimum absolute atomic E-state index is 0.0926. The number of hydrogen-bond donors (Lipinski definition) is 1. The summed E-state index contributed by atoms with van der Waals surface area (Å²) in [5.74, 6) is 0.198. The number of ether oxygens (including phenoxy) is 1. The van der Waals surface area contributed by atoms with Crippen molar-refractivity contribution < 1.29 is 14.3 Å². The summed E-state index contributed by atoms with van der Waals surface area (Å²) in [5.41, 5.74) is 5.88. The molecular formula is C17H25N3O3. The standard InChI is InChI=1S/C17H25N3O3/c1-11(2)10-23-15-7-6-13(8-19-15)17(22)20-9-14(16(18)21)5-4-12(20)3/h6-8,11-12,14H,4-5,9-10H2,1-3H3,(H2,18,21)/t12-,14+/m1/s1. The molecule has 0 spiro atoms. The Kier molecular flexibility index (Phi) is 5.58. The zero-order valence-corrected chi connectivity index (χ0v) is 14.0. The van der Waals surface area contributed by atoms with Crippen molar-refractivity contribution >= 4 is 11.8 Å². The van der Waals surface area contributed by atoms with E-state index < -0.39 is 0 Å². The topological polar surface area (TPSA) is 85.5 Å². The lowest BCUT2D eigenvalue weighted by Crippen LogP contribution is -2.48. The molecule has 2 heterocycles. The third-order valence-electron chi connectivity index (χ3n) is 4.09. The highest BCUT2D eigenvalue weighted by atomic mass is 16.5. The Morgan fingerprint density at radius 1 is 1.39 bits per heavy atom. The summed E-state index contributed by atoms with van der Waals surface area (Å²) in [6.07, 6.45) is 3.04. The molecule has 1 aliphatic rings. The highest BCUT2D eigenvalue weighted by Gasteiger charge is 2.32. The summed E-state index contributed by atoms with van der Waals surface area (Å²) < 4.78 is 5.52. The predicted octanol–water partition coefficient (Wildman–Crippen LogP) is 1.84. The van der Waals surface area contributed by atoms with Gasteiger partial charge in [0.15, 0.2) is 0 Å². The quantitative estimate of drug-likeness (QED) is 0.897. The maximum atomic E-state index is 12.6. The Bertz CT molecular complexity index is 557. The van der Waals surface area contributed by atoms with Crippen LogP contribution in [0.4, 0.5) is 0 Å². The fourth-order valence-electron chi connectivity index (χ4n) is 2.63. The number of piperidine rings is 1. The van der Waals surface area contributed by atoms with Crippen LogP contribution in [0.1, 0.15) is 44.0 Å². The minimum Gasteiger partial charge on any atom is -0.477 e. The summed E-state index contributed by atoms with van der Waals surface area (Å²) in [6, 6.07) is 3.51. The van der Waals surface area contributed by atoms with E-state index in [1.807, 2.05) is 6.92 Å². The van der Waals surface area contributed by atoms with Crippen LogP contribution in [-0.4, -0.2) is 40.9 Å². The molecule has 1 aromatic rings. The van der Waals surface area contributed by atoms with E-state index in [1.54, 1.807) is 17.0 Å². The van der Waals surface area contributed by atoms with Crippen LogP contribution in [0.3, 0.4) is 0 Å². The molecule has 0 radical (unpaired) electrons. The molecule has 1 fully saturated rings. The largest absolute Gasteiger partial charge is 0.477 e. The highest BCUT2D eigenvalue weighted by Crippen LogP contribution is 2.23. The van der Waals surface area contributed by atoms with Crippen molar-refractivity contribution in [2.75, 3.05) is 13.2 Å². The van der Waals surface area contributed by atoms with E-state index in [0.717, 1.165) is 12.8 Å². The SMILES string of the molecule is CC(C)COc1ccc(C(=O)N2C[C@@H](C(N)=O)CC[C@H]2C)cn1. The molecule has 1 aliphatic heterocycles. The summed E-state index contributed by atoms with van der Waals surface area (Å²) in [7, 11) is 0. The van der Waals surface area contributed by atoms with E-state index in [4.69, 9.17) is 10.5 Å². The lowest BCUT2D eigenvalue weighted by Gasteiger charge is -2.36. The van der Waals surface area contributed by atoms with E-state index >= 15 is 0 Å². The number of aromatic nitrogens is 1. The summed E-state index contributed by atoms with van der Waals surface area (Å²) in [5, 5.41) is 0. The first-order valence-corrected chi connectivity index (χ1v) is 8.07. The first kappa shape index (κ1) is 17.2. The zero-order chi connectivity index (χ0) is 17.0. The fourth-order valence-corrected chi connectivity index (χ4v) is 2.63. The van der Waals surface area contributed by atoms with Crippen molar-refractivity contribution in [1.29, 1.82) is 0 Å². The number of pyridine rings is 1. The molecule has 6 nitrogen and oxygen atoms in total. The van der Waals surface area contributed by atoms with Gasteiger partial charge in [0, 0.05) is 24.8 Å². The van der Waals surface area contributed by atoms with Crippen molar-refractivity contribution in [1.82, 2.24) is 9.88 Å². The van der Waals surface area contributed by atoms with Crippen molar-refractivity contribution in [3.8, 4) is 5.88 Å². The van der Waals surface area contributed by atoms with Crippen molar-refractivity contribution in [2.45, 2.75) is 39.7 Å². The zero-order valence-electron chi connectivity index (χ0n) is 14.0. The molecule has 1 aromatic heterocycles. The van der Waals surface area contributed by atoms with Crippen LogP contribution in [0.2, 0.25) is 0 Å². The minimum atomic E-state index is -0.342. The molecule has 126 valence electrons. The Morgan fingerprint density at radius 3 is 2.70 bits per heavy atom. The monoisotopic (exact) mass is 319 g/mol. The molecule has 0 aliphatic carbocycles. The number of carbonyl (C=O) groups is 2. The van der Waals surface area contributed by atoms with Gasteiger partial charge in [-0.3, -0.25) is 9.59 Å². The van der Waals surface area contributed by atoms with Crippen LogP contribution in [0, 0.1) is 11.8 Å². The van der Waals surface area contributed by atoms with Crippen LogP contribution in [0.15, 0.2) is 18.3 Å². The number of nitrogens with zero attached hydrogens (tertiary/aromatic N) is 2. The van der Waals surface area contributed by atoms with Gasteiger partial charge in [-0.15, -0.1) is 0 Å². The van der Waals surface area contributed by atoms with Gasteiger partial charge < -0.3 is 15.4 Å². The molecule has 2 N–H and O–H groups in total. The van der Waals surface area contributed by atoms with E-state index in [1.165, 1.54) is 6.20 Å². The molecule has 0 saturated carbocycles. The molecule has 0 aromatic carbocycles. The van der Waals surface area contributed by atoms with Crippen molar-refractivity contribution in [2.24, 2.45) is 17.6 Å². The Hall–Kier alpha value is -2.11. The summed E-state index contributed by atoms with van der Waals surface area (Å²) in [6.45, 7) is 7.07. The lowest BCUT2D eigenvalue weighted by molar-refractivity contribution is -0.123. The number of rotatable bonds is 5. The van der Waals surface area contributed by atoms with Gasteiger partial charge in [0.05, 0.1) is 18.1 Å². The average molecular weight is 319 g/mol. The molecular weight excluding hydrogens is 294 g/mol. The second-order valence-electron chi connectivity index (χ2n) is 6.57. The second-order valence-corrected chi connectivity index (χ2v) is 6.57. The first-order chi connectivity index (χ1) is 10.9. The number of hydrogen-bond acceptors (Lipinski definition) is 4. The molecule has 1 saturated heterocycles. The van der Waals surface area contributed by atoms with Crippen LogP contribution in [-0.2, 0) is 4.79 Å². The van der Waals surface area contributed by atoms with Gasteiger partial charge in [0.1, 0.15) is 0 Å². The van der Waals surface area contributed by atoms with E-state index in [0.29, 0.717) is 30.5 Å². The van der Waals surface area contributed by atoms with Gasteiger partial charge in [-0.05, 0) is 31.7 Å². The second kappa shape index (κ2) is 7.44. The maximum absolute atomic E-state index is 12.6. The summed E-state index contributed by atoms with van der Waals surface area (Å²) in [4.78, 5) is 29.9. The van der Waals surface area contributed by atoms with Crippen LogP contribution < -0.4 is 10.5 Å². The highest BCUT2D eigenvalue weighted by molar-refractivity contribution is 5.94. The third kappa shape index (κ3) is 4.43. The number of nitrogens with two attached hydrogens (primary N) is 1. The van der Waals surface area contributed by atoms with Gasteiger partial charge in [0.25, 0.3) is 5.91 Å². The van der Waals surface area contributed by atoms with Gasteiger partial charge in [-0.25, -0.2) is 4.98 Å². The lowest BCUT2D eigenvalue weighted by atomic mass is 9.92. The molecule has 2 atom stereocenters. The Balaban J connectivity index is 2.05. The molecule has 0 unspecified atom stereocenters. The number of likely N-dealkylation sites (tertiary alicyclic amines) is 1. The third-order valence-corrected chi connectivity index (χ3v) is 4.09. The van der Waals surface area contributed by atoms with E-state index in [-0.39, 0.29) is 23.8 Å². The fraction of sp³-hybridized carbons (Fsp3) is 0.588. The van der Waals surface area contributed by atoms with E-state index in [9.17, 15) is 9.59 Å². The molecule has 6 heteroatoms. The Labute approximate surface area is 137 Å². The molecule has 2 rings (SSSR count). The maximum Gasteiger partial charge on any atom is 0.255 e. The number of primary amides is 1. The molecule has 0 bridgehead atoms. The molecule has 2 amide bonds. The van der Waals surface area contributed by atoms with Crippen molar-refractivity contribution in [3.63, 3.8) is 0 Å². The smallest absolute Gasteiger partial charge is 0.255 e. The normalized spacial score (nSPS) is 21.3. The first-order valence-electron chi connectivity index (χ1n) is 8.07. The van der Waals surface area contributed by atoms with Gasteiger partial charge in [0.2, 0.25) is 11.8 Å². The predicted molar refractivity (Wildman–Crippen MR) is 87.0 cm³/mol. The van der Waals surface area contributed by atoms with Gasteiger partial charge in [-0.2, -0.15) is 0 Å². The van der Waals surface area contributed by atoms with Gasteiger partial charge >= 0.3 is 0 Å². The molecule has 23 heavy (non-hydrogen) atoms. The van der Waals surface area contributed by atoms with Crippen LogP contribution in [0.5, 0.6) is 5.88 Å². The van der Waals surface area contributed by atoms with Crippen LogP contribution in [0.25, 0.3) is 0 Å². The van der Waals surface area contributed by atoms with E-state index in [2.05, 4.69) is 18.8 Å². The van der Waals surface area contributed by atoms with Crippen LogP contribution >= 0.6 is 0 Å². The van der Waals surface area contributed by atoms with Crippen molar-refractivity contribution in [3.05, 3.63) is 23.9 Å². The number of carbonyl (C=O) groups excluding carboxylic acids is 2. The summed E-state index contributed by atoms with van der Waals surface area (Å²) >= 11 is 0. The average Bonchev–Trinajstić information content (AvgIpc) is 2.53. The number of amides is 2. The Morgan fingerprint density at radius 2 is 2.13 bits per heavy atom.